The highest BCUT2D eigenvalue weighted by molar-refractivity contribution is 7.22. The van der Waals surface area contributed by atoms with Crippen LogP contribution in [-0.2, 0) is 16.1 Å². The maximum atomic E-state index is 14.2. The lowest BCUT2D eigenvalue weighted by Gasteiger charge is -2.30. The number of aromatic nitrogens is 3. The smallest absolute Gasteiger partial charge is 0.332 e. The summed E-state index contributed by atoms with van der Waals surface area (Å²) < 4.78 is 20.1. The summed E-state index contributed by atoms with van der Waals surface area (Å²) in [7, 11) is 3.29. The van der Waals surface area contributed by atoms with E-state index in [4.69, 9.17) is 13.9 Å². The Morgan fingerprint density at radius 2 is 2.03 bits per heavy atom. The van der Waals surface area contributed by atoms with E-state index in [0.29, 0.717) is 58.3 Å². The number of aryl methyl sites for hydroxylation is 1. The number of nitrogens with zero attached hydrogens (tertiary/aromatic N) is 4. The Hall–Kier alpha value is -3.70. The number of amides is 1. The zero-order valence-corrected chi connectivity index (χ0v) is 23.3. The summed E-state index contributed by atoms with van der Waals surface area (Å²) in [6, 6.07) is 6.66. The first-order valence-corrected chi connectivity index (χ1v) is 13.9. The molecule has 2 atom stereocenters. The number of hydrogen-bond donors (Lipinski definition) is 0. The van der Waals surface area contributed by atoms with Crippen LogP contribution in [-0.4, -0.2) is 52.2 Å². The first-order chi connectivity index (χ1) is 18.9. The van der Waals surface area contributed by atoms with Gasteiger partial charge in [-0.25, -0.2) is 14.3 Å². The predicted molar refractivity (Wildman–Crippen MR) is 148 cm³/mol. The fraction of sp³-hybridized carbons (Fsp3) is 0.429. The zero-order chi connectivity index (χ0) is 27.7. The first-order valence-electron chi connectivity index (χ1n) is 13.0. The van der Waals surface area contributed by atoms with Gasteiger partial charge in [0.2, 0.25) is 11.8 Å². The van der Waals surface area contributed by atoms with Crippen molar-refractivity contribution in [1.82, 2.24) is 19.0 Å². The maximum absolute atomic E-state index is 14.2. The molecule has 206 valence electrons. The van der Waals surface area contributed by atoms with Gasteiger partial charge in [-0.15, -0.1) is 11.3 Å². The van der Waals surface area contributed by atoms with E-state index in [1.807, 2.05) is 38.1 Å². The molecule has 11 heteroatoms. The number of piperidine rings is 1. The van der Waals surface area contributed by atoms with Crippen molar-refractivity contribution in [2.24, 2.45) is 0 Å². The van der Waals surface area contributed by atoms with E-state index < -0.39 is 23.4 Å². The Kier molecular flexibility index (Phi) is 7.72. The van der Waals surface area contributed by atoms with Gasteiger partial charge in [-0.2, -0.15) is 0 Å². The number of likely N-dealkylation sites (tertiary alicyclic amines) is 1. The van der Waals surface area contributed by atoms with E-state index in [0.717, 1.165) is 16.6 Å². The van der Waals surface area contributed by atoms with Crippen LogP contribution in [0.5, 0.6) is 5.75 Å². The molecule has 0 saturated carbocycles. The number of hydrogen-bond acceptors (Lipinski definition) is 8. The second-order valence-electron chi connectivity index (χ2n) is 9.66. The molecule has 3 aromatic heterocycles. The van der Waals surface area contributed by atoms with E-state index in [9.17, 15) is 14.4 Å². The SMILES string of the molecule is CCCO[C@@H](Cn1c(=O)n([C@H]2CCCN(C)C2=O)c(=O)c2c(C)c(-c3ncco3)sc21)c1ccccc1OC. The fourth-order valence-corrected chi connectivity index (χ4v) is 6.43. The number of carbonyl (C=O) groups excluding carboxylic acids is 1. The van der Waals surface area contributed by atoms with E-state index in [2.05, 4.69) is 4.98 Å². The molecule has 1 fully saturated rings. The number of thiophene rings is 1. The van der Waals surface area contributed by atoms with Crippen LogP contribution in [0.2, 0.25) is 0 Å². The van der Waals surface area contributed by atoms with E-state index in [1.54, 1.807) is 23.6 Å². The Bertz CT molecular complexity index is 1600. The average molecular weight is 553 g/mol. The van der Waals surface area contributed by atoms with Crippen LogP contribution in [0.3, 0.4) is 0 Å². The van der Waals surface area contributed by atoms with Crippen LogP contribution in [0.15, 0.2) is 50.7 Å². The molecule has 0 bridgehead atoms. The number of ether oxygens (including phenoxy) is 2. The molecule has 1 aliphatic heterocycles. The highest BCUT2D eigenvalue weighted by atomic mass is 32.1. The monoisotopic (exact) mass is 552 g/mol. The lowest BCUT2D eigenvalue weighted by atomic mass is 10.0. The summed E-state index contributed by atoms with van der Waals surface area (Å²) in [5, 5.41) is 0.378. The van der Waals surface area contributed by atoms with E-state index >= 15 is 0 Å². The average Bonchev–Trinajstić information content (AvgIpc) is 3.59. The maximum Gasteiger partial charge on any atom is 0.332 e. The number of para-hydroxylation sites is 1. The molecule has 0 unspecified atom stereocenters. The molecule has 10 nitrogen and oxygen atoms in total. The van der Waals surface area contributed by atoms with Crippen LogP contribution in [0.1, 0.15) is 49.5 Å². The number of methoxy groups -OCH3 is 1. The lowest BCUT2D eigenvalue weighted by Crippen LogP contribution is -2.49. The molecule has 1 amide bonds. The van der Waals surface area contributed by atoms with Crippen molar-refractivity contribution in [2.45, 2.75) is 51.8 Å². The molecule has 0 spiro atoms. The number of likely N-dealkylation sites (N-methyl/N-ethyl adjacent to an activating group) is 1. The van der Waals surface area contributed by atoms with Crippen LogP contribution in [0, 0.1) is 6.92 Å². The van der Waals surface area contributed by atoms with Crippen LogP contribution in [0.4, 0.5) is 0 Å². The molecule has 1 saturated heterocycles. The van der Waals surface area contributed by atoms with Gasteiger partial charge in [0.25, 0.3) is 5.56 Å². The summed E-state index contributed by atoms with van der Waals surface area (Å²) in [5.41, 5.74) is 0.432. The zero-order valence-electron chi connectivity index (χ0n) is 22.5. The third-order valence-corrected chi connectivity index (χ3v) is 8.47. The summed E-state index contributed by atoms with van der Waals surface area (Å²) in [6.45, 7) is 5.02. The van der Waals surface area contributed by atoms with Gasteiger partial charge in [0.05, 0.1) is 30.1 Å². The largest absolute Gasteiger partial charge is 0.496 e. The number of benzene rings is 1. The van der Waals surface area contributed by atoms with Crippen LogP contribution in [0.25, 0.3) is 21.0 Å². The van der Waals surface area contributed by atoms with Crippen LogP contribution >= 0.6 is 11.3 Å². The molecule has 1 aliphatic rings. The Balaban J connectivity index is 1.76. The molecular formula is C28H32N4O6S. The molecule has 4 heterocycles. The van der Waals surface area contributed by atoms with Gasteiger partial charge in [0, 0.05) is 25.8 Å². The quantitative estimate of drug-likeness (QED) is 0.307. The normalized spacial score (nSPS) is 16.7. The first kappa shape index (κ1) is 26.9. The molecule has 39 heavy (non-hydrogen) atoms. The molecule has 1 aromatic carbocycles. The van der Waals surface area contributed by atoms with Gasteiger partial charge >= 0.3 is 5.69 Å². The van der Waals surface area contributed by atoms with Crippen molar-refractivity contribution in [3.8, 4) is 16.5 Å². The number of oxazole rings is 1. The standard InChI is InChI=1S/C28H32N4O6S/c1-5-14-37-21(18-9-6-7-11-20(18)36-4)16-31-27-22(17(2)23(39-27)24-29-12-15-38-24)26(34)32(28(31)35)19-10-8-13-30(3)25(19)33/h6-7,9,11-12,15,19,21H,5,8,10,13-14,16H2,1-4H3/t19-,21-/m0/s1. The number of carbonyl (C=O) groups is 1. The van der Waals surface area contributed by atoms with Crippen molar-refractivity contribution in [3.63, 3.8) is 0 Å². The fourth-order valence-electron chi connectivity index (χ4n) is 5.19. The van der Waals surface area contributed by atoms with Crippen molar-refractivity contribution in [2.75, 3.05) is 27.3 Å². The third kappa shape index (κ3) is 4.80. The molecular weight excluding hydrogens is 520 g/mol. The topological polar surface area (TPSA) is 109 Å². The Morgan fingerprint density at radius 3 is 2.74 bits per heavy atom. The highest BCUT2D eigenvalue weighted by Gasteiger charge is 2.33. The summed E-state index contributed by atoms with van der Waals surface area (Å²) in [4.78, 5) is 48.3. The summed E-state index contributed by atoms with van der Waals surface area (Å²) >= 11 is 1.28. The van der Waals surface area contributed by atoms with Gasteiger partial charge in [0.15, 0.2) is 0 Å². The van der Waals surface area contributed by atoms with Gasteiger partial charge in [-0.05, 0) is 37.8 Å². The Morgan fingerprint density at radius 1 is 1.23 bits per heavy atom. The van der Waals surface area contributed by atoms with E-state index in [1.165, 1.54) is 23.8 Å². The van der Waals surface area contributed by atoms with Crippen LogP contribution < -0.4 is 16.0 Å². The molecule has 5 rings (SSSR count). The van der Waals surface area contributed by atoms with Crippen molar-refractivity contribution >= 4 is 27.5 Å². The highest BCUT2D eigenvalue weighted by Crippen LogP contribution is 2.37. The predicted octanol–water partition coefficient (Wildman–Crippen LogP) is 4.16. The summed E-state index contributed by atoms with van der Waals surface area (Å²) in [6.07, 6.45) is 4.37. The number of fused-ring (bicyclic) bond motifs is 1. The minimum absolute atomic E-state index is 0.123. The van der Waals surface area contributed by atoms with Crippen molar-refractivity contribution in [3.05, 3.63) is 68.7 Å². The van der Waals surface area contributed by atoms with Crippen molar-refractivity contribution in [1.29, 1.82) is 0 Å². The number of rotatable bonds is 9. The van der Waals surface area contributed by atoms with Gasteiger partial charge in [-0.3, -0.25) is 14.2 Å². The van der Waals surface area contributed by atoms with Gasteiger partial charge in [-0.1, -0.05) is 25.1 Å². The van der Waals surface area contributed by atoms with E-state index in [-0.39, 0.29) is 12.5 Å². The third-order valence-electron chi connectivity index (χ3n) is 7.17. The molecule has 0 N–H and O–H groups in total. The minimum Gasteiger partial charge on any atom is -0.496 e. The molecule has 0 aliphatic carbocycles. The van der Waals surface area contributed by atoms with Gasteiger partial charge < -0.3 is 18.8 Å². The second kappa shape index (κ2) is 11.2. The summed E-state index contributed by atoms with van der Waals surface area (Å²) in [5.74, 6) is 0.773. The van der Waals surface area contributed by atoms with Gasteiger partial charge in [0.1, 0.15) is 29.0 Å². The Labute approximate surface area is 229 Å². The second-order valence-corrected chi connectivity index (χ2v) is 10.7. The lowest BCUT2D eigenvalue weighted by molar-refractivity contribution is -0.136. The minimum atomic E-state index is -0.870. The molecule has 4 aromatic rings. The molecule has 0 radical (unpaired) electrons. The van der Waals surface area contributed by atoms with Crippen molar-refractivity contribution < 1.29 is 18.7 Å².